The number of para-hydroxylation sites is 1. The molecule has 38 heavy (non-hydrogen) atoms. The lowest BCUT2D eigenvalue weighted by atomic mass is 10.1. The van der Waals surface area contributed by atoms with E-state index < -0.39 is 21.0 Å². The Labute approximate surface area is 228 Å². The molecule has 0 N–H and O–H groups in total. The molecule has 13 heteroatoms. The number of imide groups is 1. The Balaban J connectivity index is 1.53. The van der Waals surface area contributed by atoms with E-state index in [1.54, 1.807) is 30.3 Å². The first kappa shape index (κ1) is 26.8. The first-order chi connectivity index (χ1) is 18.2. The Kier molecular flexibility index (Phi) is 8.08. The SMILES string of the molecule is COc1cc(/C=C2\SC(=O)N(Cc3ccccc3[N+](=O)[O-])C2=O)c(Br)cc1OCc1ccc([N+](=O)[O-])cc1. The zero-order chi connectivity index (χ0) is 27.4. The summed E-state index contributed by atoms with van der Waals surface area (Å²) in [7, 11) is 1.45. The highest BCUT2D eigenvalue weighted by atomic mass is 79.9. The van der Waals surface area contributed by atoms with Crippen molar-refractivity contribution in [3.63, 3.8) is 0 Å². The number of halogens is 1. The molecule has 1 heterocycles. The number of rotatable bonds is 9. The Morgan fingerprint density at radius 3 is 2.37 bits per heavy atom. The Morgan fingerprint density at radius 1 is 1.00 bits per heavy atom. The lowest BCUT2D eigenvalue weighted by molar-refractivity contribution is -0.385. The van der Waals surface area contributed by atoms with Crippen molar-refractivity contribution in [1.29, 1.82) is 0 Å². The van der Waals surface area contributed by atoms with E-state index in [0.717, 1.165) is 16.7 Å². The normalized spacial score (nSPS) is 14.2. The third kappa shape index (κ3) is 5.84. The number of nitro benzene ring substituents is 2. The number of hydrogen-bond donors (Lipinski definition) is 0. The van der Waals surface area contributed by atoms with Gasteiger partial charge in [0.2, 0.25) is 0 Å². The standard InChI is InChI=1S/C25H18BrN3O8S/c1-36-21-10-17(19(26)12-22(21)37-14-15-6-8-18(9-7-15)28(32)33)11-23-24(30)27(25(31)38-23)13-16-4-2-3-5-20(16)29(34)35/h2-12H,13-14H2,1H3/b23-11-. The number of hydrogen-bond acceptors (Lipinski definition) is 9. The molecular formula is C25H18BrN3O8S. The van der Waals surface area contributed by atoms with Crippen LogP contribution in [0.5, 0.6) is 11.5 Å². The van der Waals surface area contributed by atoms with Crippen molar-refractivity contribution in [2.75, 3.05) is 7.11 Å². The lowest BCUT2D eigenvalue weighted by Gasteiger charge is -2.13. The fourth-order valence-electron chi connectivity index (χ4n) is 3.58. The third-order valence-corrected chi connectivity index (χ3v) is 7.10. The minimum Gasteiger partial charge on any atom is -0.493 e. The molecule has 0 atom stereocenters. The fraction of sp³-hybridized carbons (Fsp3) is 0.120. The molecule has 0 bridgehead atoms. The Morgan fingerprint density at radius 2 is 1.71 bits per heavy atom. The van der Waals surface area contributed by atoms with Gasteiger partial charge in [-0.2, -0.15) is 0 Å². The maximum atomic E-state index is 13.0. The lowest BCUT2D eigenvalue weighted by Crippen LogP contribution is -2.27. The number of benzene rings is 3. The van der Waals surface area contributed by atoms with Crippen LogP contribution in [0.1, 0.15) is 16.7 Å². The smallest absolute Gasteiger partial charge is 0.293 e. The Hall–Kier alpha value is -4.23. The van der Waals surface area contributed by atoms with Crippen LogP contribution in [0.3, 0.4) is 0 Å². The maximum absolute atomic E-state index is 13.0. The van der Waals surface area contributed by atoms with E-state index in [1.165, 1.54) is 43.5 Å². The van der Waals surface area contributed by atoms with Crippen LogP contribution in [0, 0.1) is 20.2 Å². The first-order valence-electron chi connectivity index (χ1n) is 10.9. The van der Waals surface area contributed by atoms with Gasteiger partial charge in [0.1, 0.15) is 6.61 Å². The number of nitrogens with zero attached hydrogens (tertiary/aromatic N) is 3. The van der Waals surface area contributed by atoms with Crippen LogP contribution in [0.2, 0.25) is 0 Å². The van der Waals surface area contributed by atoms with E-state index in [4.69, 9.17) is 9.47 Å². The number of ether oxygens (including phenoxy) is 2. The molecule has 1 aliphatic rings. The van der Waals surface area contributed by atoms with Crippen molar-refractivity contribution in [2.24, 2.45) is 0 Å². The second kappa shape index (κ2) is 11.4. The summed E-state index contributed by atoms with van der Waals surface area (Å²) < 4.78 is 11.8. The predicted octanol–water partition coefficient (Wildman–Crippen LogP) is 6.09. The topological polar surface area (TPSA) is 142 Å². The van der Waals surface area contributed by atoms with Gasteiger partial charge < -0.3 is 9.47 Å². The van der Waals surface area contributed by atoms with Crippen molar-refractivity contribution in [3.05, 3.63) is 107 Å². The molecule has 0 saturated carbocycles. The monoisotopic (exact) mass is 599 g/mol. The van der Waals surface area contributed by atoms with Gasteiger partial charge in [-0.05, 0) is 53.2 Å². The van der Waals surface area contributed by atoms with E-state index in [1.807, 2.05) is 0 Å². The molecule has 3 aromatic carbocycles. The number of carbonyl (C=O) groups is 2. The molecule has 0 aliphatic carbocycles. The second-order valence-corrected chi connectivity index (χ2v) is 9.74. The van der Waals surface area contributed by atoms with E-state index >= 15 is 0 Å². The van der Waals surface area contributed by atoms with Gasteiger partial charge in [-0.25, -0.2) is 0 Å². The number of methoxy groups -OCH3 is 1. The summed E-state index contributed by atoms with van der Waals surface area (Å²) in [6.07, 6.45) is 1.52. The van der Waals surface area contributed by atoms with E-state index in [9.17, 15) is 29.8 Å². The Bertz CT molecular complexity index is 1480. The van der Waals surface area contributed by atoms with Gasteiger partial charge in [0.05, 0.1) is 28.4 Å². The summed E-state index contributed by atoms with van der Waals surface area (Å²) in [5.74, 6) is 0.183. The van der Waals surface area contributed by atoms with Crippen LogP contribution in [0.4, 0.5) is 16.2 Å². The first-order valence-corrected chi connectivity index (χ1v) is 12.5. The molecule has 3 aromatic rings. The van der Waals surface area contributed by atoms with Crippen molar-refractivity contribution in [1.82, 2.24) is 4.90 Å². The molecule has 0 unspecified atom stereocenters. The molecule has 2 amide bonds. The van der Waals surface area contributed by atoms with Gasteiger partial charge in [-0.15, -0.1) is 0 Å². The average molecular weight is 600 g/mol. The van der Waals surface area contributed by atoms with Crippen LogP contribution < -0.4 is 9.47 Å². The van der Waals surface area contributed by atoms with E-state index in [0.29, 0.717) is 27.1 Å². The van der Waals surface area contributed by atoms with Crippen molar-refractivity contribution < 1.29 is 28.9 Å². The molecular weight excluding hydrogens is 582 g/mol. The molecule has 194 valence electrons. The largest absolute Gasteiger partial charge is 0.493 e. The zero-order valence-electron chi connectivity index (χ0n) is 19.7. The molecule has 0 radical (unpaired) electrons. The summed E-state index contributed by atoms with van der Waals surface area (Å²) in [5, 5.41) is 21.6. The molecule has 0 spiro atoms. The van der Waals surface area contributed by atoms with Crippen LogP contribution in [0.25, 0.3) is 6.08 Å². The van der Waals surface area contributed by atoms with Crippen molar-refractivity contribution in [3.8, 4) is 11.5 Å². The highest BCUT2D eigenvalue weighted by Crippen LogP contribution is 2.39. The molecule has 11 nitrogen and oxygen atoms in total. The van der Waals surface area contributed by atoms with E-state index in [-0.39, 0.29) is 35.0 Å². The highest BCUT2D eigenvalue weighted by molar-refractivity contribution is 9.10. The van der Waals surface area contributed by atoms with Crippen LogP contribution in [-0.2, 0) is 17.9 Å². The van der Waals surface area contributed by atoms with Gasteiger partial charge in [0.15, 0.2) is 11.5 Å². The van der Waals surface area contributed by atoms with Gasteiger partial charge in [0.25, 0.3) is 22.5 Å². The van der Waals surface area contributed by atoms with Crippen LogP contribution in [-0.4, -0.2) is 33.0 Å². The van der Waals surface area contributed by atoms with Gasteiger partial charge in [-0.3, -0.25) is 34.7 Å². The molecule has 1 saturated heterocycles. The number of carbonyl (C=O) groups excluding carboxylic acids is 2. The van der Waals surface area contributed by atoms with Gasteiger partial charge >= 0.3 is 0 Å². The minimum absolute atomic E-state index is 0.0233. The molecule has 1 fully saturated rings. The highest BCUT2D eigenvalue weighted by Gasteiger charge is 2.36. The predicted molar refractivity (Wildman–Crippen MR) is 143 cm³/mol. The third-order valence-electron chi connectivity index (χ3n) is 5.50. The summed E-state index contributed by atoms with van der Waals surface area (Å²) >= 11 is 4.18. The minimum atomic E-state index is -0.567. The van der Waals surface area contributed by atoms with Crippen LogP contribution >= 0.6 is 27.7 Å². The zero-order valence-corrected chi connectivity index (χ0v) is 22.1. The summed E-state index contributed by atoms with van der Waals surface area (Å²) in [5.41, 5.74) is 1.31. The summed E-state index contributed by atoms with van der Waals surface area (Å²) in [6.45, 7) is -0.0935. The van der Waals surface area contributed by atoms with E-state index in [2.05, 4.69) is 15.9 Å². The average Bonchev–Trinajstić information content (AvgIpc) is 3.16. The number of nitro groups is 2. The van der Waals surface area contributed by atoms with Gasteiger partial charge in [0, 0.05) is 28.2 Å². The fourth-order valence-corrected chi connectivity index (χ4v) is 4.85. The molecule has 0 aromatic heterocycles. The molecule has 4 rings (SSSR count). The summed E-state index contributed by atoms with van der Waals surface area (Å²) in [6, 6.07) is 15.2. The number of amides is 2. The number of non-ortho nitro benzene ring substituents is 1. The van der Waals surface area contributed by atoms with Gasteiger partial charge in [-0.1, -0.05) is 34.1 Å². The van der Waals surface area contributed by atoms with Crippen LogP contribution in [0.15, 0.2) is 70.0 Å². The van der Waals surface area contributed by atoms with Crippen molar-refractivity contribution >= 4 is 56.3 Å². The van der Waals surface area contributed by atoms with Crippen molar-refractivity contribution in [2.45, 2.75) is 13.2 Å². The summed E-state index contributed by atoms with van der Waals surface area (Å²) in [4.78, 5) is 47.8. The quantitative estimate of drug-likeness (QED) is 0.162. The maximum Gasteiger partial charge on any atom is 0.293 e. The second-order valence-electron chi connectivity index (χ2n) is 7.89. The molecule has 1 aliphatic heterocycles. The number of thioether (sulfide) groups is 1.